The molecule has 1 N–H and O–H groups in total. The third-order valence-corrected chi connectivity index (χ3v) is 2.01. The van der Waals surface area contributed by atoms with Crippen molar-refractivity contribution in [3.8, 4) is 0 Å². The van der Waals surface area contributed by atoms with Gasteiger partial charge in [0, 0.05) is 0 Å². The van der Waals surface area contributed by atoms with Crippen molar-refractivity contribution in [1.29, 1.82) is 0 Å². The van der Waals surface area contributed by atoms with Crippen LogP contribution in [0.4, 0.5) is 0 Å². The van der Waals surface area contributed by atoms with Crippen LogP contribution in [0.3, 0.4) is 0 Å². The number of hydrogen-bond acceptors (Lipinski definition) is 3. The lowest BCUT2D eigenvalue weighted by atomic mass is 10.1. The van der Waals surface area contributed by atoms with Crippen LogP contribution in [0.25, 0.3) is 0 Å². The highest BCUT2D eigenvalue weighted by molar-refractivity contribution is 5.85. The molecule has 4 heteroatoms. The van der Waals surface area contributed by atoms with Crippen molar-refractivity contribution < 1.29 is 9.53 Å². The second kappa shape index (κ2) is 9.19. The number of rotatable bonds is 6. The van der Waals surface area contributed by atoms with Crippen LogP contribution in [0.2, 0.25) is 0 Å². The molecule has 0 aromatic heterocycles. The highest BCUT2D eigenvalue weighted by atomic mass is 35.5. The summed E-state index contributed by atoms with van der Waals surface area (Å²) >= 11 is 0. The zero-order valence-corrected chi connectivity index (χ0v) is 10.3. The fourth-order valence-corrected chi connectivity index (χ4v) is 1.28. The number of esters is 1. The van der Waals surface area contributed by atoms with E-state index in [0.29, 0.717) is 13.2 Å². The first-order chi connectivity index (χ1) is 7.33. The summed E-state index contributed by atoms with van der Waals surface area (Å²) in [7, 11) is 0. The molecule has 0 fully saturated rings. The number of carbonyl (C=O) groups excluding carboxylic acids is 1. The van der Waals surface area contributed by atoms with Crippen molar-refractivity contribution >= 4 is 18.4 Å². The Labute approximate surface area is 103 Å². The molecule has 1 aromatic carbocycles. The molecule has 3 nitrogen and oxygen atoms in total. The summed E-state index contributed by atoms with van der Waals surface area (Å²) in [5.41, 5.74) is 1.27. The summed E-state index contributed by atoms with van der Waals surface area (Å²) in [5, 5.41) is 3.04. The van der Waals surface area contributed by atoms with Crippen LogP contribution in [0, 0.1) is 0 Å². The number of benzene rings is 1. The molecule has 1 aromatic rings. The summed E-state index contributed by atoms with van der Waals surface area (Å²) in [6.45, 7) is 3.34. The molecule has 16 heavy (non-hydrogen) atoms. The average Bonchev–Trinajstić information content (AvgIpc) is 2.26. The van der Waals surface area contributed by atoms with E-state index in [9.17, 15) is 4.79 Å². The van der Waals surface area contributed by atoms with Crippen molar-refractivity contribution in [2.24, 2.45) is 0 Å². The first-order valence-corrected chi connectivity index (χ1v) is 5.23. The molecule has 0 atom stereocenters. The molecular formula is C12H18ClNO2. The molecule has 0 aliphatic heterocycles. The smallest absolute Gasteiger partial charge is 0.319 e. The maximum atomic E-state index is 11.0. The Morgan fingerprint density at radius 2 is 2.00 bits per heavy atom. The van der Waals surface area contributed by atoms with Gasteiger partial charge in [-0.15, -0.1) is 12.4 Å². The summed E-state index contributed by atoms with van der Waals surface area (Å²) in [4.78, 5) is 11.0. The predicted octanol–water partition coefficient (Wildman–Crippen LogP) is 1.80. The van der Waals surface area contributed by atoms with Crippen LogP contribution in [0.15, 0.2) is 30.3 Å². The molecule has 0 amide bonds. The van der Waals surface area contributed by atoms with Gasteiger partial charge in [0.15, 0.2) is 0 Å². The maximum Gasteiger partial charge on any atom is 0.319 e. The normalized spacial score (nSPS) is 9.31. The SMILES string of the molecule is CCOC(=O)CNCCc1ccccc1.Cl. The highest BCUT2D eigenvalue weighted by Crippen LogP contribution is 1.97. The first kappa shape index (κ1) is 14.9. The van der Waals surface area contributed by atoms with Gasteiger partial charge in [0.05, 0.1) is 13.2 Å². The van der Waals surface area contributed by atoms with Crippen LogP contribution in [-0.4, -0.2) is 25.7 Å². The van der Waals surface area contributed by atoms with Crippen LogP contribution in [0.5, 0.6) is 0 Å². The molecule has 0 unspecified atom stereocenters. The van der Waals surface area contributed by atoms with Crippen LogP contribution in [-0.2, 0) is 16.0 Å². The molecule has 0 saturated carbocycles. The van der Waals surface area contributed by atoms with E-state index in [4.69, 9.17) is 4.74 Å². The Kier molecular flexibility index (Phi) is 8.58. The lowest BCUT2D eigenvalue weighted by Crippen LogP contribution is -2.26. The van der Waals surface area contributed by atoms with Crippen LogP contribution >= 0.6 is 12.4 Å². The Hall–Kier alpha value is -1.06. The van der Waals surface area contributed by atoms with E-state index in [-0.39, 0.29) is 18.4 Å². The van der Waals surface area contributed by atoms with Gasteiger partial charge in [-0.3, -0.25) is 4.79 Å². The molecule has 0 aliphatic carbocycles. The van der Waals surface area contributed by atoms with E-state index in [2.05, 4.69) is 17.4 Å². The summed E-state index contributed by atoms with van der Waals surface area (Å²) in [6.07, 6.45) is 0.931. The van der Waals surface area contributed by atoms with Gasteiger partial charge in [0.25, 0.3) is 0 Å². The van der Waals surface area contributed by atoms with E-state index in [1.807, 2.05) is 25.1 Å². The van der Waals surface area contributed by atoms with E-state index in [1.54, 1.807) is 0 Å². The minimum Gasteiger partial charge on any atom is -0.465 e. The zero-order valence-electron chi connectivity index (χ0n) is 9.44. The number of ether oxygens (including phenoxy) is 1. The zero-order chi connectivity index (χ0) is 10.9. The van der Waals surface area contributed by atoms with Crippen molar-refractivity contribution in [2.45, 2.75) is 13.3 Å². The third kappa shape index (κ3) is 6.43. The van der Waals surface area contributed by atoms with E-state index < -0.39 is 0 Å². The van der Waals surface area contributed by atoms with Gasteiger partial charge in [-0.25, -0.2) is 0 Å². The minimum atomic E-state index is -0.189. The summed E-state index contributed by atoms with van der Waals surface area (Å²) in [5.74, 6) is -0.189. The van der Waals surface area contributed by atoms with Crippen LogP contribution < -0.4 is 5.32 Å². The average molecular weight is 244 g/mol. The Balaban J connectivity index is 0.00000225. The maximum absolute atomic E-state index is 11.0. The predicted molar refractivity (Wildman–Crippen MR) is 66.9 cm³/mol. The van der Waals surface area contributed by atoms with E-state index in [0.717, 1.165) is 13.0 Å². The van der Waals surface area contributed by atoms with Gasteiger partial charge in [-0.2, -0.15) is 0 Å². The van der Waals surface area contributed by atoms with Crippen LogP contribution in [0.1, 0.15) is 12.5 Å². The second-order valence-corrected chi connectivity index (χ2v) is 3.22. The van der Waals surface area contributed by atoms with Crippen molar-refractivity contribution in [3.05, 3.63) is 35.9 Å². The lowest BCUT2D eigenvalue weighted by Gasteiger charge is -2.04. The monoisotopic (exact) mass is 243 g/mol. The second-order valence-electron chi connectivity index (χ2n) is 3.22. The highest BCUT2D eigenvalue weighted by Gasteiger charge is 1.99. The fraction of sp³-hybridized carbons (Fsp3) is 0.417. The molecule has 90 valence electrons. The van der Waals surface area contributed by atoms with Crippen molar-refractivity contribution in [1.82, 2.24) is 5.32 Å². The van der Waals surface area contributed by atoms with Gasteiger partial charge >= 0.3 is 5.97 Å². The number of nitrogens with one attached hydrogen (secondary N) is 1. The van der Waals surface area contributed by atoms with Gasteiger partial charge in [-0.05, 0) is 25.5 Å². The Bertz CT molecular complexity index is 290. The molecule has 0 bridgehead atoms. The van der Waals surface area contributed by atoms with Gasteiger partial charge < -0.3 is 10.1 Å². The molecule has 1 rings (SSSR count). The standard InChI is InChI=1S/C12H17NO2.ClH/c1-2-15-12(14)10-13-9-8-11-6-4-3-5-7-11;/h3-7,13H,2,8-10H2,1H3;1H. The summed E-state index contributed by atoms with van der Waals surface area (Å²) in [6, 6.07) is 10.2. The fourth-order valence-electron chi connectivity index (χ4n) is 1.28. The Morgan fingerprint density at radius 1 is 1.31 bits per heavy atom. The molecule has 0 heterocycles. The molecule has 0 saturated heterocycles. The van der Waals surface area contributed by atoms with Gasteiger partial charge in [0.1, 0.15) is 0 Å². The number of carbonyl (C=O) groups is 1. The van der Waals surface area contributed by atoms with Crippen molar-refractivity contribution in [3.63, 3.8) is 0 Å². The lowest BCUT2D eigenvalue weighted by molar-refractivity contribution is -0.141. The number of halogens is 1. The quantitative estimate of drug-likeness (QED) is 0.612. The Morgan fingerprint density at radius 3 is 2.62 bits per heavy atom. The van der Waals surface area contributed by atoms with E-state index >= 15 is 0 Å². The largest absolute Gasteiger partial charge is 0.465 e. The molecular weight excluding hydrogens is 226 g/mol. The minimum absolute atomic E-state index is 0. The molecule has 0 radical (unpaired) electrons. The van der Waals surface area contributed by atoms with Crippen molar-refractivity contribution in [2.75, 3.05) is 19.7 Å². The molecule has 0 aliphatic rings. The first-order valence-electron chi connectivity index (χ1n) is 5.23. The van der Waals surface area contributed by atoms with Gasteiger partial charge in [0.2, 0.25) is 0 Å². The van der Waals surface area contributed by atoms with E-state index in [1.165, 1.54) is 5.56 Å². The number of hydrogen-bond donors (Lipinski definition) is 1. The summed E-state index contributed by atoms with van der Waals surface area (Å²) < 4.78 is 4.79. The topological polar surface area (TPSA) is 38.3 Å². The molecule has 0 spiro atoms. The van der Waals surface area contributed by atoms with Gasteiger partial charge in [-0.1, -0.05) is 30.3 Å². The third-order valence-electron chi connectivity index (χ3n) is 2.01.